The number of anilines is 2. The molecular formula is C13H19F3N4O. The molecule has 0 spiro atoms. The van der Waals surface area contributed by atoms with Gasteiger partial charge < -0.3 is 15.7 Å². The van der Waals surface area contributed by atoms with Crippen molar-refractivity contribution in [1.82, 2.24) is 9.97 Å². The Bertz CT molecular complexity index is 475. The van der Waals surface area contributed by atoms with Crippen LogP contribution in [0.4, 0.5) is 24.9 Å². The van der Waals surface area contributed by atoms with Crippen LogP contribution in [-0.4, -0.2) is 34.3 Å². The average molecular weight is 304 g/mol. The zero-order valence-corrected chi connectivity index (χ0v) is 11.6. The number of nitrogens with zero attached hydrogens (tertiary/aromatic N) is 3. The third kappa shape index (κ3) is 3.96. The van der Waals surface area contributed by atoms with E-state index < -0.39 is 17.8 Å². The predicted molar refractivity (Wildman–Crippen MR) is 72.8 cm³/mol. The van der Waals surface area contributed by atoms with Crippen LogP contribution in [0, 0.1) is 0 Å². The van der Waals surface area contributed by atoms with Gasteiger partial charge in [0.1, 0.15) is 5.82 Å². The van der Waals surface area contributed by atoms with E-state index in [-0.39, 0.29) is 25.0 Å². The molecule has 1 fully saturated rings. The van der Waals surface area contributed by atoms with Crippen LogP contribution in [0.2, 0.25) is 0 Å². The van der Waals surface area contributed by atoms with Gasteiger partial charge >= 0.3 is 6.18 Å². The Hall–Kier alpha value is -1.57. The highest BCUT2D eigenvalue weighted by atomic mass is 19.4. The first-order chi connectivity index (χ1) is 9.91. The van der Waals surface area contributed by atoms with E-state index in [2.05, 4.69) is 9.97 Å². The molecule has 0 amide bonds. The van der Waals surface area contributed by atoms with Crippen LogP contribution in [0.1, 0.15) is 37.8 Å². The Morgan fingerprint density at radius 3 is 2.48 bits per heavy atom. The Labute approximate surface area is 121 Å². The lowest BCUT2D eigenvalue weighted by atomic mass is 9.94. The Kier molecular flexibility index (Phi) is 4.87. The zero-order chi connectivity index (χ0) is 15.5. The fraction of sp³-hybridized carbons (Fsp3) is 0.692. The van der Waals surface area contributed by atoms with Gasteiger partial charge in [0, 0.05) is 18.7 Å². The molecule has 1 aliphatic carbocycles. The van der Waals surface area contributed by atoms with Gasteiger partial charge in [0.15, 0.2) is 5.69 Å². The van der Waals surface area contributed by atoms with Gasteiger partial charge in [-0.1, -0.05) is 19.3 Å². The normalized spacial score (nSPS) is 17.0. The molecule has 0 aromatic carbocycles. The van der Waals surface area contributed by atoms with Gasteiger partial charge in [-0.25, -0.2) is 4.98 Å². The van der Waals surface area contributed by atoms with E-state index in [1.54, 1.807) is 4.90 Å². The lowest BCUT2D eigenvalue weighted by Gasteiger charge is -2.35. The minimum atomic E-state index is -4.57. The molecule has 0 atom stereocenters. The number of halogens is 3. The van der Waals surface area contributed by atoms with Gasteiger partial charge in [0.2, 0.25) is 5.95 Å². The van der Waals surface area contributed by atoms with E-state index in [1.165, 1.54) is 0 Å². The monoisotopic (exact) mass is 304 g/mol. The maximum Gasteiger partial charge on any atom is 0.433 e. The highest BCUT2D eigenvalue weighted by molar-refractivity contribution is 5.45. The molecule has 0 saturated heterocycles. The van der Waals surface area contributed by atoms with Gasteiger partial charge in [0.05, 0.1) is 6.61 Å². The van der Waals surface area contributed by atoms with Crippen molar-refractivity contribution >= 4 is 11.8 Å². The van der Waals surface area contributed by atoms with E-state index >= 15 is 0 Å². The van der Waals surface area contributed by atoms with Crippen molar-refractivity contribution in [3.63, 3.8) is 0 Å². The molecule has 2 rings (SSSR count). The number of aliphatic hydroxyl groups excluding tert-OH is 1. The average Bonchev–Trinajstić information content (AvgIpc) is 2.44. The molecule has 3 N–H and O–H groups in total. The van der Waals surface area contributed by atoms with Crippen molar-refractivity contribution < 1.29 is 18.3 Å². The predicted octanol–water partition coefficient (Wildman–Crippen LogP) is 2.21. The van der Waals surface area contributed by atoms with Crippen molar-refractivity contribution in [2.24, 2.45) is 0 Å². The van der Waals surface area contributed by atoms with E-state index in [1.807, 2.05) is 0 Å². The quantitative estimate of drug-likeness (QED) is 0.892. The number of nitrogens with two attached hydrogens (primary N) is 1. The third-order valence-corrected chi connectivity index (χ3v) is 3.67. The lowest BCUT2D eigenvalue weighted by molar-refractivity contribution is -0.141. The first kappa shape index (κ1) is 15.8. The van der Waals surface area contributed by atoms with Gasteiger partial charge in [-0.2, -0.15) is 18.2 Å². The van der Waals surface area contributed by atoms with Gasteiger partial charge in [-0.05, 0) is 12.8 Å². The summed E-state index contributed by atoms with van der Waals surface area (Å²) in [5.41, 5.74) is 4.36. The van der Waals surface area contributed by atoms with Crippen LogP contribution in [0.3, 0.4) is 0 Å². The molecule has 0 aliphatic heterocycles. The molecule has 0 unspecified atom stereocenters. The van der Waals surface area contributed by atoms with Crippen molar-refractivity contribution in [3.05, 3.63) is 11.8 Å². The van der Waals surface area contributed by atoms with Crippen LogP contribution in [0.25, 0.3) is 0 Å². The minimum absolute atomic E-state index is 0.0845. The maximum atomic E-state index is 12.8. The van der Waals surface area contributed by atoms with Gasteiger partial charge in [-0.15, -0.1) is 0 Å². The second-order valence-electron chi connectivity index (χ2n) is 5.18. The Balaban J connectivity index is 2.32. The molecule has 21 heavy (non-hydrogen) atoms. The van der Waals surface area contributed by atoms with Crippen LogP contribution >= 0.6 is 0 Å². The van der Waals surface area contributed by atoms with E-state index in [0.29, 0.717) is 0 Å². The lowest BCUT2D eigenvalue weighted by Crippen LogP contribution is -2.39. The second kappa shape index (κ2) is 6.46. The van der Waals surface area contributed by atoms with E-state index in [9.17, 15) is 18.3 Å². The molecule has 1 aromatic rings. The first-order valence-electron chi connectivity index (χ1n) is 7.01. The standard InChI is InChI=1S/C13H19F3N4O/c14-13(15,16)10-8-11(19-12(17)18-10)20(6-7-21)9-4-2-1-3-5-9/h8-9,21H,1-7H2,(H2,17,18,19). The van der Waals surface area contributed by atoms with Crippen molar-refractivity contribution in [1.29, 1.82) is 0 Å². The van der Waals surface area contributed by atoms with E-state index in [4.69, 9.17) is 5.73 Å². The largest absolute Gasteiger partial charge is 0.433 e. The molecular weight excluding hydrogens is 285 g/mol. The summed E-state index contributed by atoms with van der Waals surface area (Å²) < 4.78 is 38.5. The summed E-state index contributed by atoms with van der Waals surface area (Å²) in [5, 5.41) is 9.19. The van der Waals surface area contributed by atoms with Gasteiger partial charge in [0.25, 0.3) is 0 Å². The first-order valence-corrected chi connectivity index (χ1v) is 7.01. The molecule has 8 heteroatoms. The smallest absolute Gasteiger partial charge is 0.395 e. The molecule has 1 heterocycles. The number of hydrogen-bond donors (Lipinski definition) is 2. The summed E-state index contributed by atoms with van der Waals surface area (Å²) in [6.07, 6.45) is 0.377. The molecule has 1 saturated carbocycles. The second-order valence-corrected chi connectivity index (χ2v) is 5.18. The number of nitrogen functional groups attached to an aromatic ring is 1. The number of aromatic nitrogens is 2. The number of hydrogen-bond acceptors (Lipinski definition) is 5. The number of aliphatic hydroxyl groups is 1. The molecule has 1 aromatic heterocycles. The molecule has 0 bridgehead atoms. The fourth-order valence-electron chi connectivity index (χ4n) is 2.73. The summed E-state index contributed by atoms with van der Waals surface area (Å²) in [6.45, 7) is 0.0835. The fourth-order valence-corrected chi connectivity index (χ4v) is 2.73. The summed E-state index contributed by atoms with van der Waals surface area (Å²) in [4.78, 5) is 8.88. The van der Waals surface area contributed by atoms with Crippen molar-refractivity contribution in [2.75, 3.05) is 23.8 Å². The highest BCUT2D eigenvalue weighted by Gasteiger charge is 2.34. The SMILES string of the molecule is Nc1nc(N(CCO)C2CCCCC2)cc(C(F)(F)F)n1. The maximum absolute atomic E-state index is 12.8. The Morgan fingerprint density at radius 1 is 1.24 bits per heavy atom. The summed E-state index contributed by atoms with van der Waals surface area (Å²) >= 11 is 0. The topological polar surface area (TPSA) is 75.3 Å². The summed E-state index contributed by atoms with van der Waals surface area (Å²) in [6, 6.07) is 0.988. The molecule has 5 nitrogen and oxygen atoms in total. The van der Waals surface area contributed by atoms with Crippen LogP contribution in [0.15, 0.2) is 6.07 Å². The van der Waals surface area contributed by atoms with Crippen molar-refractivity contribution in [3.8, 4) is 0 Å². The molecule has 0 radical (unpaired) electrons. The van der Waals surface area contributed by atoms with Crippen LogP contribution < -0.4 is 10.6 Å². The summed E-state index contributed by atoms with van der Waals surface area (Å²) in [5.74, 6) is -0.269. The minimum Gasteiger partial charge on any atom is -0.395 e. The van der Waals surface area contributed by atoms with Crippen molar-refractivity contribution in [2.45, 2.75) is 44.3 Å². The molecule has 1 aliphatic rings. The zero-order valence-electron chi connectivity index (χ0n) is 11.6. The third-order valence-electron chi connectivity index (χ3n) is 3.67. The highest BCUT2D eigenvalue weighted by Crippen LogP contribution is 2.32. The number of rotatable bonds is 4. The van der Waals surface area contributed by atoms with E-state index in [0.717, 1.165) is 38.2 Å². The van der Waals surface area contributed by atoms with Gasteiger partial charge in [-0.3, -0.25) is 0 Å². The van der Waals surface area contributed by atoms with Crippen LogP contribution in [-0.2, 0) is 6.18 Å². The summed E-state index contributed by atoms with van der Waals surface area (Å²) in [7, 11) is 0. The van der Waals surface area contributed by atoms with Crippen LogP contribution in [0.5, 0.6) is 0 Å². The molecule has 118 valence electrons. The number of alkyl halides is 3. The Morgan fingerprint density at radius 2 is 1.90 bits per heavy atom.